The third kappa shape index (κ3) is 4.14. The van der Waals surface area contributed by atoms with E-state index >= 15 is 0 Å². The van der Waals surface area contributed by atoms with Gasteiger partial charge in [0, 0.05) is 10.0 Å². The smallest absolute Gasteiger partial charge is 0.234 e. The molecule has 0 spiro atoms. The maximum Gasteiger partial charge on any atom is 0.234 e. The van der Waals surface area contributed by atoms with E-state index in [1.807, 2.05) is 6.07 Å². The van der Waals surface area contributed by atoms with Crippen molar-refractivity contribution in [1.82, 2.24) is 4.98 Å². The number of carbonyl (C=O) groups excluding carboxylic acids is 1. The number of hydrogen-bond acceptors (Lipinski definition) is 4. The van der Waals surface area contributed by atoms with Gasteiger partial charge in [0.15, 0.2) is 4.34 Å². The molecule has 0 saturated carbocycles. The Labute approximate surface area is 149 Å². The van der Waals surface area contributed by atoms with Crippen LogP contribution >= 0.6 is 46.3 Å². The predicted molar refractivity (Wildman–Crippen MR) is 95.4 cm³/mol. The standard InChI is InChI=1S/C15H9Cl2FN2OS2/c16-8-1-3-11(10(18)5-8)19-14(21)7-22-15-20-12-6-9(17)2-4-13(12)23-15/h1-6H,7H2,(H,19,21). The summed E-state index contributed by atoms with van der Waals surface area (Å²) in [5, 5.41) is 3.41. The first kappa shape index (κ1) is 16.5. The second-order valence-electron chi connectivity index (χ2n) is 4.55. The monoisotopic (exact) mass is 386 g/mol. The van der Waals surface area contributed by atoms with Crippen molar-refractivity contribution >= 4 is 68.1 Å². The minimum atomic E-state index is -0.564. The molecule has 1 N–H and O–H groups in total. The number of thioether (sulfide) groups is 1. The summed E-state index contributed by atoms with van der Waals surface area (Å²) < 4.78 is 15.4. The molecule has 2 aromatic carbocycles. The van der Waals surface area contributed by atoms with Crippen LogP contribution in [-0.2, 0) is 4.79 Å². The molecule has 3 aromatic rings. The van der Waals surface area contributed by atoms with Crippen LogP contribution in [0, 0.1) is 5.82 Å². The van der Waals surface area contributed by atoms with Crippen molar-refractivity contribution in [3.8, 4) is 0 Å². The van der Waals surface area contributed by atoms with Crippen molar-refractivity contribution in [3.63, 3.8) is 0 Å². The number of amides is 1. The van der Waals surface area contributed by atoms with Gasteiger partial charge in [-0.05, 0) is 36.4 Å². The highest BCUT2D eigenvalue weighted by Gasteiger charge is 2.10. The molecule has 0 aliphatic heterocycles. The minimum absolute atomic E-state index is 0.107. The summed E-state index contributed by atoms with van der Waals surface area (Å²) in [6.45, 7) is 0. The summed E-state index contributed by atoms with van der Waals surface area (Å²) in [5.74, 6) is -0.741. The molecule has 1 heterocycles. The van der Waals surface area contributed by atoms with Gasteiger partial charge in [0.2, 0.25) is 5.91 Å². The molecule has 0 radical (unpaired) electrons. The number of anilines is 1. The lowest BCUT2D eigenvalue weighted by Gasteiger charge is -2.05. The van der Waals surface area contributed by atoms with E-state index in [-0.39, 0.29) is 22.4 Å². The first-order chi connectivity index (χ1) is 11.0. The van der Waals surface area contributed by atoms with E-state index in [4.69, 9.17) is 23.2 Å². The third-order valence-corrected chi connectivity index (χ3v) is 5.51. The number of benzene rings is 2. The van der Waals surface area contributed by atoms with Crippen molar-refractivity contribution < 1.29 is 9.18 Å². The minimum Gasteiger partial charge on any atom is -0.323 e. The zero-order chi connectivity index (χ0) is 16.4. The fraction of sp³-hybridized carbons (Fsp3) is 0.0667. The van der Waals surface area contributed by atoms with Crippen molar-refractivity contribution in [2.24, 2.45) is 0 Å². The van der Waals surface area contributed by atoms with Crippen molar-refractivity contribution in [1.29, 1.82) is 0 Å². The Morgan fingerprint density at radius 1 is 1.22 bits per heavy atom. The molecule has 0 saturated heterocycles. The highest BCUT2D eigenvalue weighted by molar-refractivity contribution is 8.01. The van der Waals surface area contributed by atoms with Crippen LogP contribution in [0.1, 0.15) is 0 Å². The van der Waals surface area contributed by atoms with Crippen LogP contribution in [0.5, 0.6) is 0 Å². The molecular formula is C15H9Cl2FN2OS2. The number of aromatic nitrogens is 1. The van der Waals surface area contributed by atoms with Gasteiger partial charge in [-0.3, -0.25) is 4.79 Å². The van der Waals surface area contributed by atoms with Gasteiger partial charge in [0.25, 0.3) is 0 Å². The van der Waals surface area contributed by atoms with Crippen molar-refractivity contribution in [3.05, 3.63) is 52.3 Å². The lowest BCUT2D eigenvalue weighted by Crippen LogP contribution is -2.14. The lowest BCUT2D eigenvalue weighted by molar-refractivity contribution is -0.113. The molecule has 23 heavy (non-hydrogen) atoms. The van der Waals surface area contributed by atoms with Crippen LogP contribution in [0.4, 0.5) is 10.1 Å². The number of carbonyl (C=O) groups is 1. The molecule has 0 atom stereocenters. The maximum absolute atomic E-state index is 13.6. The predicted octanol–water partition coefficient (Wildman–Crippen LogP) is 5.47. The van der Waals surface area contributed by atoms with Crippen molar-refractivity contribution in [2.75, 3.05) is 11.1 Å². The van der Waals surface area contributed by atoms with Crippen LogP contribution < -0.4 is 5.32 Å². The van der Waals surface area contributed by atoms with Gasteiger partial charge in [-0.2, -0.15) is 0 Å². The number of halogens is 3. The van der Waals surface area contributed by atoms with Gasteiger partial charge in [-0.1, -0.05) is 35.0 Å². The normalized spacial score (nSPS) is 10.9. The second-order valence-corrected chi connectivity index (χ2v) is 7.68. The Morgan fingerprint density at radius 3 is 2.74 bits per heavy atom. The Kier molecular flexibility index (Phi) is 5.06. The first-order valence-electron chi connectivity index (χ1n) is 6.45. The van der Waals surface area contributed by atoms with Gasteiger partial charge in [0.1, 0.15) is 5.82 Å². The maximum atomic E-state index is 13.6. The van der Waals surface area contributed by atoms with E-state index in [9.17, 15) is 9.18 Å². The van der Waals surface area contributed by atoms with Gasteiger partial charge < -0.3 is 5.32 Å². The quantitative estimate of drug-likeness (QED) is 0.604. The van der Waals surface area contributed by atoms with E-state index in [2.05, 4.69) is 10.3 Å². The summed E-state index contributed by atoms with van der Waals surface area (Å²) >= 11 is 14.4. The summed E-state index contributed by atoms with van der Waals surface area (Å²) in [7, 11) is 0. The average Bonchev–Trinajstić information content (AvgIpc) is 2.90. The second kappa shape index (κ2) is 7.05. The molecule has 3 rings (SSSR count). The Balaban J connectivity index is 1.63. The zero-order valence-corrected chi connectivity index (χ0v) is 14.6. The van der Waals surface area contributed by atoms with E-state index in [1.54, 1.807) is 12.1 Å². The van der Waals surface area contributed by atoms with Gasteiger partial charge in [-0.25, -0.2) is 9.37 Å². The molecule has 0 fully saturated rings. The average molecular weight is 387 g/mol. The van der Waals surface area contributed by atoms with E-state index < -0.39 is 5.82 Å². The van der Waals surface area contributed by atoms with Gasteiger partial charge in [0.05, 0.1) is 21.7 Å². The number of thiazole rings is 1. The molecule has 0 bridgehead atoms. The van der Waals surface area contributed by atoms with Gasteiger partial charge in [-0.15, -0.1) is 11.3 Å². The topological polar surface area (TPSA) is 42.0 Å². The Morgan fingerprint density at radius 2 is 1.96 bits per heavy atom. The van der Waals surface area contributed by atoms with Crippen LogP contribution in [0.25, 0.3) is 10.2 Å². The Bertz CT molecular complexity index is 885. The lowest BCUT2D eigenvalue weighted by atomic mass is 10.3. The Hall–Kier alpha value is -1.34. The fourth-order valence-corrected chi connectivity index (χ4v) is 4.02. The number of nitrogens with zero attached hydrogens (tertiary/aromatic N) is 1. The molecule has 0 aliphatic rings. The molecule has 1 amide bonds. The molecule has 118 valence electrons. The highest BCUT2D eigenvalue weighted by atomic mass is 35.5. The molecule has 0 aliphatic carbocycles. The van der Waals surface area contributed by atoms with Crippen molar-refractivity contribution in [2.45, 2.75) is 4.34 Å². The molecule has 8 heteroatoms. The first-order valence-corrected chi connectivity index (χ1v) is 9.01. The largest absolute Gasteiger partial charge is 0.323 e. The van der Waals surface area contributed by atoms with E-state index in [0.717, 1.165) is 20.6 Å². The summed E-state index contributed by atoms with van der Waals surface area (Å²) in [4.78, 5) is 16.3. The third-order valence-electron chi connectivity index (χ3n) is 2.86. The summed E-state index contributed by atoms with van der Waals surface area (Å²) in [6.07, 6.45) is 0. The summed E-state index contributed by atoms with van der Waals surface area (Å²) in [6, 6.07) is 9.57. The zero-order valence-electron chi connectivity index (χ0n) is 11.5. The molecule has 3 nitrogen and oxygen atoms in total. The van der Waals surface area contributed by atoms with E-state index in [0.29, 0.717) is 5.02 Å². The number of hydrogen-bond donors (Lipinski definition) is 1. The van der Waals surface area contributed by atoms with Crippen LogP contribution in [-0.4, -0.2) is 16.6 Å². The van der Waals surface area contributed by atoms with Crippen LogP contribution in [0.15, 0.2) is 40.7 Å². The highest BCUT2D eigenvalue weighted by Crippen LogP contribution is 2.31. The van der Waals surface area contributed by atoms with E-state index in [1.165, 1.54) is 35.2 Å². The fourth-order valence-electron chi connectivity index (χ4n) is 1.85. The molecule has 0 unspecified atom stereocenters. The number of rotatable bonds is 4. The summed E-state index contributed by atoms with van der Waals surface area (Å²) in [5.41, 5.74) is 0.908. The number of nitrogens with one attached hydrogen (secondary N) is 1. The van der Waals surface area contributed by atoms with Crippen LogP contribution in [0.2, 0.25) is 10.0 Å². The molecule has 1 aromatic heterocycles. The van der Waals surface area contributed by atoms with Gasteiger partial charge >= 0.3 is 0 Å². The number of fused-ring (bicyclic) bond motifs is 1. The van der Waals surface area contributed by atoms with Crippen LogP contribution in [0.3, 0.4) is 0 Å². The SMILES string of the molecule is O=C(CSc1nc2cc(Cl)ccc2s1)Nc1ccc(Cl)cc1F. The molecular weight excluding hydrogens is 378 g/mol.